The fraction of sp³-hybridized carbons (Fsp3) is 1.00. The van der Waals surface area contributed by atoms with Crippen molar-refractivity contribution >= 4 is 27.5 Å². The lowest BCUT2D eigenvalue weighted by molar-refractivity contribution is -0.000136. The average Bonchev–Trinajstić information content (AvgIpc) is 1.25. The molecule has 0 aromatic heterocycles. The van der Waals surface area contributed by atoms with Crippen LogP contribution in [-0.4, -0.2) is 9.96 Å². The van der Waals surface area contributed by atoms with Crippen LogP contribution in [0, 0.1) is 0 Å². The molecule has 0 fully saturated rings. The lowest BCUT2D eigenvalue weighted by Gasteiger charge is -2.16. The molecule has 0 nitrogen and oxygen atoms in total. The van der Waals surface area contributed by atoms with Crippen molar-refractivity contribution in [3.8, 4) is 0 Å². The summed E-state index contributed by atoms with van der Waals surface area (Å²) < 4.78 is 32.3. The van der Waals surface area contributed by atoms with E-state index in [9.17, 15) is 13.2 Å². The summed E-state index contributed by atoms with van der Waals surface area (Å²) in [7, 11) is 0. The van der Waals surface area contributed by atoms with Gasteiger partial charge in [0.05, 0.1) is 0 Å². The van der Waals surface area contributed by atoms with E-state index in [1.807, 2.05) is 0 Å². The Kier molecular flexibility index (Phi) is 2.21. The first-order valence-corrected chi connectivity index (χ1v) is 2.87. The topological polar surface area (TPSA) is 0 Å². The van der Waals surface area contributed by atoms with Gasteiger partial charge in [0.25, 0.3) is 0 Å². The van der Waals surface area contributed by atoms with Gasteiger partial charge in [0.1, 0.15) is 0 Å². The summed E-state index contributed by atoms with van der Waals surface area (Å²) in [6.45, 7) is 0.639. The van der Waals surface area contributed by atoms with Crippen molar-refractivity contribution in [3.05, 3.63) is 0 Å². The normalized spacial score (nSPS) is 20.2. The number of halogens is 5. The van der Waals surface area contributed by atoms with E-state index < -0.39 is 9.96 Å². The monoisotopic (exact) mass is 210 g/mol. The molecule has 0 saturated carbocycles. The zero-order valence-electron chi connectivity index (χ0n) is 3.89. The highest BCUT2D eigenvalue weighted by Gasteiger charge is 2.47. The molecule has 5 heteroatoms. The van der Waals surface area contributed by atoms with E-state index in [0.717, 1.165) is 0 Å². The van der Waals surface area contributed by atoms with Gasteiger partial charge in [0.2, 0.25) is 4.58 Å². The van der Waals surface area contributed by atoms with Crippen molar-refractivity contribution in [2.75, 3.05) is 0 Å². The molecule has 0 aliphatic heterocycles. The van der Waals surface area contributed by atoms with Crippen molar-refractivity contribution < 1.29 is 13.2 Å². The third kappa shape index (κ3) is 2.22. The summed E-state index contributed by atoms with van der Waals surface area (Å²) in [5.74, 6) is 0. The Morgan fingerprint density at radius 2 is 1.50 bits per heavy atom. The van der Waals surface area contributed by atoms with Gasteiger partial charge in [-0.05, 0) is 34.5 Å². The first-order valence-electron chi connectivity index (χ1n) is 1.69. The van der Waals surface area contributed by atoms with Gasteiger partial charge in [-0.1, -0.05) is 0 Å². The van der Waals surface area contributed by atoms with E-state index in [-0.39, 0.29) is 0 Å². The average molecular weight is 211 g/mol. The Labute approximate surface area is 58.1 Å². The standard InChI is InChI=1S/C3H3BrClF3/c1-2(4,6)3(5,7)8/h1H3. The molecule has 0 spiro atoms. The van der Waals surface area contributed by atoms with Gasteiger partial charge in [-0.2, -0.15) is 8.78 Å². The molecule has 0 aromatic carbocycles. The Bertz CT molecular complexity index is 69.5. The van der Waals surface area contributed by atoms with Crippen molar-refractivity contribution in [3.63, 3.8) is 0 Å². The molecule has 0 aliphatic rings. The molecule has 0 saturated heterocycles. The molecular formula is C3H3BrClF3. The second-order valence-corrected chi connectivity index (χ2v) is 3.35. The van der Waals surface area contributed by atoms with Crippen LogP contribution in [0.25, 0.3) is 0 Å². The molecule has 0 amide bonds. The van der Waals surface area contributed by atoms with Crippen molar-refractivity contribution in [2.24, 2.45) is 0 Å². The summed E-state index contributed by atoms with van der Waals surface area (Å²) in [6.07, 6.45) is 0. The number of hydrogen-bond acceptors (Lipinski definition) is 0. The first-order chi connectivity index (χ1) is 3.25. The summed E-state index contributed by atoms with van der Waals surface area (Å²) in [6, 6.07) is 0. The molecular weight excluding hydrogens is 208 g/mol. The molecule has 50 valence electrons. The highest BCUT2D eigenvalue weighted by atomic mass is 79.9. The second kappa shape index (κ2) is 2.06. The second-order valence-electron chi connectivity index (χ2n) is 1.39. The predicted molar refractivity (Wildman–Crippen MR) is 29.2 cm³/mol. The quantitative estimate of drug-likeness (QED) is 0.585. The minimum Gasteiger partial charge on any atom is -0.223 e. The van der Waals surface area contributed by atoms with Gasteiger partial charge in [-0.15, -0.1) is 0 Å². The molecule has 0 radical (unpaired) electrons. The van der Waals surface area contributed by atoms with Gasteiger partial charge in [-0.25, -0.2) is 4.39 Å². The lowest BCUT2D eigenvalue weighted by Crippen LogP contribution is -2.29. The molecule has 0 heterocycles. The van der Waals surface area contributed by atoms with Crippen LogP contribution in [0.2, 0.25) is 0 Å². The van der Waals surface area contributed by atoms with Crippen molar-refractivity contribution in [1.82, 2.24) is 0 Å². The molecule has 0 aromatic rings. The van der Waals surface area contributed by atoms with E-state index in [1.54, 1.807) is 0 Å². The van der Waals surface area contributed by atoms with Crippen LogP contribution < -0.4 is 0 Å². The van der Waals surface area contributed by atoms with E-state index in [0.29, 0.717) is 6.92 Å². The van der Waals surface area contributed by atoms with Crippen LogP contribution in [0.3, 0.4) is 0 Å². The third-order valence-corrected chi connectivity index (χ3v) is 1.58. The van der Waals surface area contributed by atoms with Crippen LogP contribution in [0.4, 0.5) is 13.2 Å². The van der Waals surface area contributed by atoms with E-state index >= 15 is 0 Å². The fourth-order valence-corrected chi connectivity index (χ4v) is 0. The highest BCUT2D eigenvalue weighted by Crippen LogP contribution is 2.40. The molecule has 1 atom stereocenters. The first kappa shape index (κ1) is 8.56. The highest BCUT2D eigenvalue weighted by molar-refractivity contribution is 9.10. The zero-order valence-corrected chi connectivity index (χ0v) is 6.23. The van der Waals surface area contributed by atoms with Gasteiger partial charge in [-0.3, -0.25) is 0 Å². The maximum atomic E-state index is 11.9. The van der Waals surface area contributed by atoms with Crippen molar-refractivity contribution in [1.29, 1.82) is 0 Å². The lowest BCUT2D eigenvalue weighted by atomic mass is 10.5. The fourth-order valence-electron chi connectivity index (χ4n) is 0. The molecule has 0 bridgehead atoms. The van der Waals surface area contributed by atoms with Crippen LogP contribution in [0.5, 0.6) is 0 Å². The molecule has 0 rings (SSSR count). The minimum absolute atomic E-state index is 0.639. The predicted octanol–water partition coefficient (Wildman–Crippen LogP) is 2.90. The summed E-state index contributed by atoms with van der Waals surface area (Å²) in [5, 5.41) is -3.84. The van der Waals surface area contributed by atoms with Gasteiger partial charge in [0, 0.05) is 0 Å². The van der Waals surface area contributed by atoms with E-state index in [1.165, 1.54) is 0 Å². The maximum absolute atomic E-state index is 11.9. The summed E-state index contributed by atoms with van der Waals surface area (Å²) in [4.78, 5) is 0. The zero-order chi connectivity index (χ0) is 7.00. The smallest absolute Gasteiger partial charge is 0.223 e. The van der Waals surface area contributed by atoms with E-state index in [4.69, 9.17) is 0 Å². The number of rotatable bonds is 1. The van der Waals surface area contributed by atoms with E-state index in [2.05, 4.69) is 27.5 Å². The molecule has 1 unspecified atom stereocenters. The Morgan fingerprint density at radius 3 is 1.50 bits per heavy atom. The number of hydrogen-bond donors (Lipinski definition) is 0. The molecule has 8 heavy (non-hydrogen) atoms. The van der Waals surface area contributed by atoms with Gasteiger partial charge in [0.15, 0.2) is 0 Å². The van der Waals surface area contributed by atoms with Gasteiger partial charge < -0.3 is 0 Å². The largest absolute Gasteiger partial charge is 0.364 e. The Balaban J connectivity index is 4.02. The number of alkyl halides is 5. The minimum atomic E-state index is -3.84. The Hall–Kier alpha value is 0.560. The third-order valence-electron chi connectivity index (χ3n) is 0.498. The van der Waals surface area contributed by atoms with Crippen LogP contribution in [0.1, 0.15) is 6.92 Å². The van der Waals surface area contributed by atoms with Crippen LogP contribution in [-0.2, 0) is 0 Å². The Morgan fingerprint density at radius 1 is 1.38 bits per heavy atom. The summed E-state index contributed by atoms with van der Waals surface area (Å²) in [5.41, 5.74) is 0. The van der Waals surface area contributed by atoms with Crippen molar-refractivity contribution in [2.45, 2.75) is 16.9 Å². The SMILES string of the molecule is CC(F)(Br)C(F)(F)Cl. The maximum Gasteiger partial charge on any atom is 0.364 e. The summed E-state index contributed by atoms with van der Waals surface area (Å²) >= 11 is 6.30. The van der Waals surface area contributed by atoms with Crippen LogP contribution >= 0.6 is 27.5 Å². The molecule has 0 aliphatic carbocycles. The van der Waals surface area contributed by atoms with Crippen LogP contribution in [0.15, 0.2) is 0 Å². The molecule has 0 N–H and O–H groups in total. The van der Waals surface area contributed by atoms with Gasteiger partial charge >= 0.3 is 5.38 Å².